The van der Waals surface area contributed by atoms with Crippen molar-refractivity contribution in [3.63, 3.8) is 0 Å². The van der Waals surface area contributed by atoms with Gasteiger partial charge in [0, 0.05) is 6.42 Å². The lowest BCUT2D eigenvalue weighted by molar-refractivity contribution is -0.143. The normalized spacial score (nSPS) is 11.4. The van der Waals surface area contributed by atoms with Gasteiger partial charge in [0.15, 0.2) is 5.78 Å². The van der Waals surface area contributed by atoms with E-state index in [2.05, 4.69) is 10.8 Å². The van der Waals surface area contributed by atoms with Gasteiger partial charge in [0.05, 0.1) is 6.42 Å². The predicted molar refractivity (Wildman–Crippen MR) is 127 cm³/mol. The molecule has 0 aliphatic carbocycles. The van der Waals surface area contributed by atoms with Gasteiger partial charge in [0.1, 0.15) is 19.3 Å². The summed E-state index contributed by atoms with van der Waals surface area (Å²) >= 11 is 0. The summed E-state index contributed by atoms with van der Waals surface area (Å²) in [4.78, 5) is 52.6. The number of hydroxylamine groups is 1. The topological polar surface area (TPSA) is 131 Å². The number of rotatable bonds is 12. The third-order valence-corrected chi connectivity index (χ3v) is 5.17. The Morgan fingerprint density at radius 3 is 2.37 bits per heavy atom. The monoisotopic (exact) mass is 478 g/mol. The number of aliphatic carboxylic acids is 1. The minimum Gasteiger partial charge on any atom is -0.481 e. The molecule has 0 spiro atoms. The van der Waals surface area contributed by atoms with Gasteiger partial charge in [-0.15, -0.1) is 0 Å². The van der Waals surface area contributed by atoms with Crippen molar-refractivity contribution < 1.29 is 33.9 Å². The number of carboxylic acid groups (broad SMARTS) is 1. The maximum Gasteiger partial charge on any atom is 0.408 e. The first-order valence-corrected chi connectivity index (χ1v) is 11.0. The van der Waals surface area contributed by atoms with Crippen LogP contribution in [0.15, 0.2) is 72.8 Å². The molecule has 0 saturated heterocycles. The van der Waals surface area contributed by atoms with Gasteiger partial charge in [-0.3, -0.25) is 19.2 Å². The SMILES string of the molecule is O=C(O)C[C@H](NC(=O)OCc1ccccc1)C(=O)CONC(=O)CCc1cccc2ccccc12. The van der Waals surface area contributed by atoms with Crippen molar-refractivity contribution in [2.45, 2.75) is 31.9 Å². The van der Waals surface area contributed by atoms with Gasteiger partial charge >= 0.3 is 12.1 Å². The van der Waals surface area contributed by atoms with E-state index in [-0.39, 0.29) is 13.0 Å². The summed E-state index contributed by atoms with van der Waals surface area (Å²) in [5.74, 6) is -2.44. The molecule has 9 heteroatoms. The van der Waals surface area contributed by atoms with Gasteiger partial charge in [-0.25, -0.2) is 10.3 Å². The zero-order valence-corrected chi connectivity index (χ0v) is 18.9. The minimum absolute atomic E-state index is 0.0378. The molecule has 0 heterocycles. The molecule has 3 aromatic rings. The first kappa shape index (κ1) is 25.4. The third kappa shape index (κ3) is 8.24. The Kier molecular flexibility index (Phi) is 9.32. The molecule has 3 aromatic carbocycles. The average molecular weight is 479 g/mol. The largest absolute Gasteiger partial charge is 0.481 e. The summed E-state index contributed by atoms with van der Waals surface area (Å²) in [6.07, 6.45) is -0.990. The van der Waals surface area contributed by atoms with E-state index in [1.807, 2.05) is 48.5 Å². The number of aryl methyl sites for hydroxylation is 1. The van der Waals surface area contributed by atoms with Crippen LogP contribution in [-0.4, -0.2) is 41.5 Å². The van der Waals surface area contributed by atoms with Crippen molar-refractivity contribution in [1.29, 1.82) is 0 Å². The standard InChI is InChI=1S/C26H26N2O7/c29-23(22(15-25(31)32)27-26(33)34-16-18-7-2-1-3-8-18)17-35-28-24(30)14-13-20-11-6-10-19-9-4-5-12-21(19)20/h1-12,22H,13-17H2,(H,27,33)(H,28,30)(H,31,32)/t22-/m0/s1. The maximum absolute atomic E-state index is 12.4. The predicted octanol–water partition coefficient (Wildman–Crippen LogP) is 3.16. The fourth-order valence-electron chi connectivity index (χ4n) is 3.43. The molecule has 35 heavy (non-hydrogen) atoms. The molecule has 2 amide bonds. The Hall–Kier alpha value is -4.24. The first-order valence-electron chi connectivity index (χ1n) is 11.0. The van der Waals surface area contributed by atoms with Gasteiger partial charge in [-0.05, 0) is 28.3 Å². The van der Waals surface area contributed by atoms with Crippen LogP contribution in [0.4, 0.5) is 4.79 Å². The van der Waals surface area contributed by atoms with Gasteiger partial charge < -0.3 is 15.2 Å². The molecular weight excluding hydrogens is 452 g/mol. The smallest absolute Gasteiger partial charge is 0.408 e. The highest BCUT2D eigenvalue weighted by molar-refractivity contribution is 5.91. The van der Waals surface area contributed by atoms with E-state index in [0.29, 0.717) is 6.42 Å². The number of Topliss-reactive ketones (excluding diaryl/α,β-unsaturated/α-hetero) is 1. The molecule has 0 aromatic heterocycles. The van der Waals surface area contributed by atoms with Crippen LogP contribution in [-0.2, 0) is 37.0 Å². The number of carboxylic acids is 1. The van der Waals surface area contributed by atoms with E-state index in [4.69, 9.17) is 14.7 Å². The Bertz CT molecular complexity index is 1180. The highest BCUT2D eigenvalue weighted by atomic mass is 16.7. The minimum atomic E-state index is -1.37. The fourth-order valence-corrected chi connectivity index (χ4v) is 3.43. The third-order valence-electron chi connectivity index (χ3n) is 5.17. The van der Waals surface area contributed by atoms with Crippen molar-refractivity contribution in [3.8, 4) is 0 Å². The highest BCUT2D eigenvalue weighted by Crippen LogP contribution is 2.19. The zero-order chi connectivity index (χ0) is 25.0. The zero-order valence-electron chi connectivity index (χ0n) is 18.9. The Labute approximate surface area is 202 Å². The molecule has 0 radical (unpaired) electrons. The average Bonchev–Trinajstić information content (AvgIpc) is 2.86. The molecule has 182 valence electrons. The Balaban J connectivity index is 1.43. The summed E-state index contributed by atoms with van der Waals surface area (Å²) in [7, 11) is 0. The van der Waals surface area contributed by atoms with E-state index in [1.165, 1.54) is 0 Å². The molecule has 0 saturated carbocycles. The second-order valence-corrected chi connectivity index (χ2v) is 7.78. The van der Waals surface area contributed by atoms with Gasteiger partial charge in [0.25, 0.3) is 0 Å². The van der Waals surface area contributed by atoms with E-state index in [0.717, 1.165) is 21.9 Å². The molecule has 0 fully saturated rings. The number of carbonyl (C=O) groups excluding carboxylic acids is 3. The number of benzene rings is 3. The van der Waals surface area contributed by atoms with Crippen molar-refractivity contribution in [3.05, 3.63) is 83.9 Å². The lowest BCUT2D eigenvalue weighted by Gasteiger charge is -2.16. The highest BCUT2D eigenvalue weighted by Gasteiger charge is 2.25. The molecule has 1 atom stereocenters. The van der Waals surface area contributed by atoms with Gasteiger partial charge in [-0.2, -0.15) is 0 Å². The van der Waals surface area contributed by atoms with Crippen LogP contribution in [0.25, 0.3) is 10.8 Å². The molecule has 0 unspecified atom stereocenters. The van der Waals surface area contributed by atoms with Crippen molar-refractivity contribution in [1.82, 2.24) is 10.8 Å². The van der Waals surface area contributed by atoms with Crippen molar-refractivity contribution >= 4 is 34.5 Å². The number of nitrogens with one attached hydrogen (secondary N) is 2. The van der Waals surface area contributed by atoms with Crippen LogP contribution < -0.4 is 10.8 Å². The molecule has 0 bridgehead atoms. The van der Waals surface area contributed by atoms with E-state index >= 15 is 0 Å². The fraction of sp³-hybridized carbons (Fsp3) is 0.231. The molecular formula is C26H26N2O7. The molecule has 0 aliphatic heterocycles. The van der Waals surface area contributed by atoms with E-state index in [1.54, 1.807) is 24.3 Å². The summed E-state index contributed by atoms with van der Waals surface area (Å²) in [5.41, 5.74) is 3.93. The van der Waals surface area contributed by atoms with Crippen molar-refractivity contribution in [2.75, 3.05) is 6.61 Å². The second-order valence-electron chi connectivity index (χ2n) is 7.78. The summed E-state index contributed by atoms with van der Waals surface area (Å²) in [6.45, 7) is -0.652. The molecule has 3 rings (SSSR count). The number of hydrogen-bond donors (Lipinski definition) is 3. The Morgan fingerprint density at radius 2 is 1.60 bits per heavy atom. The van der Waals surface area contributed by atoms with E-state index in [9.17, 15) is 19.2 Å². The molecule has 0 aliphatic rings. The number of alkyl carbamates (subject to hydrolysis) is 1. The first-order chi connectivity index (χ1) is 16.9. The number of fused-ring (bicyclic) bond motifs is 1. The second kappa shape index (κ2) is 12.9. The van der Waals surface area contributed by atoms with Crippen LogP contribution in [0.5, 0.6) is 0 Å². The van der Waals surface area contributed by atoms with Crippen LogP contribution >= 0.6 is 0 Å². The number of hydrogen-bond acceptors (Lipinski definition) is 6. The summed E-state index contributed by atoms with van der Waals surface area (Å²) < 4.78 is 5.03. The number of ether oxygens (including phenoxy) is 1. The van der Waals surface area contributed by atoms with E-state index < -0.39 is 42.8 Å². The number of amides is 2. The van der Waals surface area contributed by atoms with Gasteiger partial charge in [0.2, 0.25) is 5.91 Å². The van der Waals surface area contributed by atoms with Crippen LogP contribution in [0, 0.1) is 0 Å². The maximum atomic E-state index is 12.4. The van der Waals surface area contributed by atoms with Crippen LogP contribution in [0.2, 0.25) is 0 Å². The quantitative estimate of drug-likeness (QED) is 0.341. The van der Waals surface area contributed by atoms with Crippen molar-refractivity contribution in [2.24, 2.45) is 0 Å². The van der Waals surface area contributed by atoms with Gasteiger partial charge in [-0.1, -0.05) is 72.8 Å². The molecule has 3 N–H and O–H groups in total. The lowest BCUT2D eigenvalue weighted by Crippen LogP contribution is -2.45. The number of carbonyl (C=O) groups is 4. The Morgan fingerprint density at radius 1 is 0.886 bits per heavy atom. The lowest BCUT2D eigenvalue weighted by atomic mass is 10.0. The molecule has 9 nitrogen and oxygen atoms in total. The van der Waals surface area contributed by atoms with Crippen LogP contribution in [0.1, 0.15) is 24.0 Å². The van der Waals surface area contributed by atoms with Crippen LogP contribution in [0.3, 0.4) is 0 Å². The number of ketones is 1. The summed E-state index contributed by atoms with van der Waals surface area (Å²) in [5, 5.41) is 13.4. The summed E-state index contributed by atoms with van der Waals surface area (Å²) in [6, 6.07) is 21.2.